The summed E-state index contributed by atoms with van der Waals surface area (Å²) >= 11 is 1.66. The van der Waals surface area contributed by atoms with E-state index in [0.29, 0.717) is 18.1 Å². The summed E-state index contributed by atoms with van der Waals surface area (Å²) in [6.45, 7) is 2.56. The summed E-state index contributed by atoms with van der Waals surface area (Å²) in [5.41, 5.74) is 6.85. The van der Waals surface area contributed by atoms with E-state index in [1.54, 1.807) is 18.0 Å². The highest BCUT2D eigenvalue weighted by Gasteiger charge is 2.33. The van der Waals surface area contributed by atoms with Crippen LogP contribution in [0.3, 0.4) is 0 Å². The van der Waals surface area contributed by atoms with Gasteiger partial charge in [0.2, 0.25) is 0 Å². The van der Waals surface area contributed by atoms with Gasteiger partial charge in [-0.15, -0.1) is 0 Å². The number of aromatic nitrogens is 1. The van der Waals surface area contributed by atoms with Crippen LogP contribution in [0.4, 0.5) is 5.82 Å². The van der Waals surface area contributed by atoms with Gasteiger partial charge in [-0.1, -0.05) is 6.07 Å². The lowest BCUT2D eigenvalue weighted by Crippen LogP contribution is -2.48. The monoisotopic (exact) mass is 301 g/mol. The lowest BCUT2D eigenvalue weighted by Gasteiger charge is -2.36. The van der Waals surface area contributed by atoms with Crippen molar-refractivity contribution >= 4 is 27.4 Å². The largest absolute Gasteiger partial charge is 0.338 e. The van der Waals surface area contributed by atoms with E-state index in [9.17, 15) is 8.42 Å². The van der Waals surface area contributed by atoms with Gasteiger partial charge in [0.1, 0.15) is 11.2 Å². The van der Waals surface area contributed by atoms with Gasteiger partial charge in [-0.05, 0) is 13.0 Å². The quantitative estimate of drug-likeness (QED) is 0.898. The van der Waals surface area contributed by atoms with Crippen molar-refractivity contribution in [2.24, 2.45) is 5.73 Å². The van der Waals surface area contributed by atoms with Crippen LogP contribution in [-0.2, 0) is 9.84 Å². The Bertz CT molecular complexity index is 546. The zero-order valence-corrected chi connectivity index (χ0v) is 12.7. The molecule has 1 aliphatic heterocycles. The fraction of sp³-hybridized carbons (Fsp3) is 0.583. The first-order valence-electron chi connectivity index (χ1n) is 6.15. The van der Waals surface area contributed by atoms with Crippen LogP contribution < -0.4 is 10.6 Å². The highest BCUT2D eigenvalue weighted by atomic mass is 32.2. The van der Waals surface area contributed by atoms with Crippen LogP contribution in [0.25, 0.3) is 0 Å². The second kappa shape index (κ2) is 5.68. The molecule has 5 nitrogen and oxygen atoms in total. The van der Waals surface area contributed by atoms with Gasteiger partial charge in [0.15, 0.2) is 9.84 Å². The Morgan fingerprint density at radius 2 is 2.32 bits per heavy atom. The Morgan fingerprint density at radius 1 is 1.58 bits per heavy atom. The Morgan fingerprint density at radius 3 is 2.95 bits per heavy atom. The SMILES string of the molecule is C[C@H](N)c1cccnc1N1CCSCC1S(C)(=O)=O. The Balaban J connectivity index is 2.44. The zero-order valence-electron chi connectivity index (χ0n) is 11.1. The van der Waals surface area contributed by atoms with Crippen molar-refractivity contribution in [2.75, 3.05) is 29.2 Å². The average Bonchev–Trinajstić information content (AvgIpc) is 2.37. The maximum atomic E-state index is 11.9. The fourth-order valence-corrected chi connectivity index (χ4v) is 5.00. The summed E-state index contributed by atoms with van der Waals surface area (Å²) < 4.78 is 23.9. The predicted octanol–water partition coefficient (Wildman–Crippen LogP) is 1.03. The van der Waals surface area contributed by atoms with Crippen LogP contribution in [-0.4, -0.2) is 43.1 Å². The summed E-state index contributed by atoms with van der Waals surface area (Å²) in [5.74, 6) is 2.18. The third-order valence-electron chi connectivity index (χ3n) is 3.16. The molecule has 1 aromatic heterocycles. The van der Waals surface area contributed by atoms with E-state index in [4.69, 9.17) is 5.73 Å². The first-order valence-corrected chi connectivity index (χ1v) is 9.26. The third-order valence-corrected chi connectivity index (χ3v) is 5.80. The van der Waals surface area contributed by atoms with Gasteiger partial charge in [-0.25, -0.2) is 13.4 Å². The lowest BCUT2D eigenvalue weighted by atomic mass is 10.1. The van der Waals surface area contributed by atoms with E-state index in [1.807, 2.05) is 24.0 Å². The predicted molar refractivity (Wildman–Crippen MR) is 80.1 cm³/mol. The van der Waals surface area contributed by atoms with Gasteiger partial charge in [0, 0.05) is 42.1 Å². The Labute approximate surface area is 118 Å². The van der Waals surface area contributed by atoms with Crippen LogP contribution >= 0.6 is 11.8 Å². The molecule has 2 atom stereocenters. The molecular weight excluding hydrogens is 282 g/mol. The van der Waals surface area contributed by atoms with E-state index in [0.717, 1.165) is 11.3 Å². The first-order chi connectivity index (χ1) is 8.91. The second-order valence-electron chi connectivity index (χ2n) is 4.76. The molecule has 0 aliphatic carbocycles. The molecular formula is C12H19N3O2S2. The number of nitrogens with two attached hydrogens (primary N) is 1. The smallest absolute Gasteiger partial charge is 0.169 e. The molecule has 0 saturated carbocycles. The molecule has 0 radical (unpaired) electrons. The summed E-state index contributed by atoms with van der Waals surface area (Å²) in [6.07, 6.45) is 2.97. The first kappa shape index (κ1) is 14.6. The van der Waals surface area contributed by atoms with Crippen molar-refractivity contribution in [3.8, 4) is 0 Å². The lowest BCUT2D eigenvalue weighted by molar-refractivity contribution is 0.583. The normalized spacial score (nSPS) is 22.3. The highest BCUT2D eigenvalue weighted by Crippen LogP contribution is 2.29. The molecule has 7 heteroatoms. The van der Waals surface area contributed by atoms with Crippen molar-refractivity contribution in [3.05, 3.63) is 23.9 Å². The molecule has 0 bridgehead atoms. The van der Waals surface area contributed by atoms with Crippen molar-refractivity contribution in [3.63, 3.8) is 0 Å². The number of rotatable bonds is 3. The molecule has 1 aromatic rings. The average molecular weight is 301 g/mol. The van der Waals surface area contributed by atoms with Crippen LogP contribution in [0.1, 0.15) is 18.5 Å². The number of pyridine rings is 1. The van der Waals surface area contributed by atoms with Crippen LogP contribution in [0.2, 0.25) is 0 Å². The number of nitrogens with zero attached hydrogens (tertiary/aromatic N) is 2. The summed E-state index contributed by atoms with van der Waals surface area (Å²) in [6, 6.07) is 3.57. The molecule has 2 N–H and O–H groups in total. The molecule has 1 saturated heterocycles. The van der Waals surface area contributed by atoms with Crippen LogP contribution in [0.5, 0.6) is 0 Å². The third kappa shape index (κ3) is 3.21. The summed E-state index contributed by atoms with van der Waals surface area (Å²) in [4.78, 5) is 6.24. The van der Waals surface area contributed by atoms with E-state index < -0.39 is 15.2 Å². The number of hydrogen-bond donors (Lipinski definition) is 1. The number of sulfone groups is 1. The molecule has 2 heterocycles. The highest BCUT2D eigenvalue weighted by molar-refractivity contribution is 8.01. The molecule has 106 valence electrons. The van der Waals surface area contributed by atoms with Crippen molar-refractivity contribution in [2.45, 2.75) is 18.3 Å². The van der Waals surface area contributed by atoms with Crippen molar-refractivity contribution < 1.29 is 8.42 Å². The minimum absolute atomic E-state index is 0.168. The molecule has 1 fully saturated rings. The molecule has 1 unspecified atom stereocenters. The minimum atomic E-state index is -3.14. The van der Waals surface area contributed by atoms with Gasteiger partial charge in [0.05, 0.1) is 0 Å². The zero-order chi connectivity index (χ0) is 14.0. The van der Waals surface area contributed by atoms with E-state index in [2.05, 4.69) is 4.98 Å². The van der Waals surface area contributed by atoms with Gasteiger partial charge < -0.3 is 10.6 Å². The van der Waals surface area contributed by atoms with Gasteiger partial charge in [-0.3, -0.25) is 0 Å². The van der Waals surface area contributed by atoms with E-state index in [1.165, 1.54) is 6.26 Å². The minimum Gasteiger partial charge on any atom is -0.338 e. The number of hydrogen-bond acceptors (Lipinski definition) is 6. The van der Waals surface area contributed by atoms with Crippen molar-refractivity contribution in [1.29, 1.82) is 0 Å². The van der Waals surface area contributed by atoms with Crippen molar-refractivity contribution in [1.82, 2.24) is 4.98 Å². The van der Waals surface area contributed by atoms with Gasteiger partial charge >= 0.3 is 0 Å². The fourth-order valence-electron chi connectivity index (χ4n) is 2.18. The molecule has 0 amide bonds. The maximum Gasteiger partial charge on any atom is 0.169 e. The summed E-state index contributed by atoms with van der Waals surface area (Å²) in [7, 11) is -3.14. The Hall–Kier alpha value is -0.790. The number of thioether (sulfide) groups is 1. The van der Waals surface area contributed by atoms with E-state index >= 15 is 0 Å². The summed E-state index contributed by atoms with van der Waals surface area (Å²) in [5, 5.41) is -0.515. The Kier molecular flexibility index (Phi) is 4.37. The standard InChI is InChI=1S/C12H19N3O2S2/c1-9(13)10-4-3-5-14-12(10)15-6-7-18-8-11(15)19(2,16)17/h3-5,9,11H,6-8,13H2,1-2H3/t9-,11?/m0/s1. The topological polar surface area (TPSA) is 76.3 Å². The molecule has 1 aliphatic rings. The maximum absolute atomic E-state index is 11.9. The van der Waals surface area contributed by atoms with Gasteiger partial charge in [0.25, 0.3) is 0 Å². The van der Waals surface area contributed by atoms with Crippen LogP contribution in [0.15, 0.2) is 18.3 Å². The molecule has 2 rings (SSSR count). The second-order valence-corrected chi connectivity index (χ2v) is 8.11. The van der Waals surface area contributed by atoms with Crippen LogP contribution in [0, 0.1) is 0 Å². The molecule has 0 spiro atoms. The molecule has 19 heavy (non-hydrogen) atoms. The molecule has 0 aromatic carbocycles. The van der Waals surface area contributed by atoms with Gasteiger partial charge in [-0.2, -0.15) is 11.8 Å². The number of anilines is 1. The van der Waals surface area contributed by atoms with E-state index in [-0.39, 0.29) is 6.04 Å².